The fraction of sp³-hybridized carbons (Fsp3) is 0.250. The van der Waals surface area contributed by atoms with Crippen LogP contribution in [0.25, 0.3) is 16.6 Å². The number of aromatic nitrogens is 5. The Morgan fingerprint density at radius 3 is 2.81 bits per heavy atom. The van der Waals surface area contributed by atoms with Gasteiger partial charge < -0.3 is 9.64 Å². The van der Waals surface area contributed by atoms with Gasteiger partial charge in [0.1, 0.15) is 5.69 Å². The Kier molecular flexibility index (Phi) is 4.81. The van der Waals surface area contributed by atoms with Crippen molar-refractivity contribution in [1.82, 2.24) is 29.3 Å². The van der Waals surface area contributed by atoms with E-state index in [1.165, 1.54) is 22.1 Å². The predicted molar refractivity (Wildman–Crippen MR) is 109 cm³/mol. The van der Waals surface area contributed by atoms with Gasteiger partial charge in [0, 0.05) is 29.8 Å². The average molecular weight is 442 g/mol. The lowest BCUT2D eigenvalue weighted by molar-refractivity contribution is -0.131. The molecule has 158 valence electrons. The molecule has 0 bridgehead atoms. The van der Waals surface area contributed by atoms with Crippen molar-refractivity contribution in [2.75, 3.05) is 13.1 Å². The molecule has 1 aliphatic heterocycles. The third-order valence-electron chi connectivity index (χ3n) is 5.08. The summed E-state index contributed by atoms with van der Waals surface area (Å²) in [6.45, 7) is -0.399. The Labute approximate surface area is 179 Å². The van der Waals surface area contributed by atoms with Gasteiger partial charge >= 0.3 is 0 Å². The summed E-state index contributed by atoms with van der Waals surface area (Å²) in [6.07, 6.45) is 0.918. The lowest BCUT2D eigenvalue weighted by Gasteiger charge is -2.37. The van der Waals surface area contributed by atoms with Gasteiger partial charge in [-0.25, -0.2) is 13.8 Å². The maximum Gasteiger partial charge on any atom is 0.287 e. The Morgan fingerprint density at radius 2 is 1.97 bits per heavy atom. The van der Waals surface area contributed by atoms with E-state index in [0.29, 0.717) is 11.2 Å². The van der Waals surface area contributed by atoms with Crippen LogP contribution in [0, 0.1) is 0 Å². The standard InChI is InChI=1S/C20H16F2N6O2S/c21-20(22)7-10-27(19(29)18-15(12-31-26-18)28-23-8-9-24-28)11-16(20)30-17-6-5-13-3-1-2-4-14(13)25-17/h1-6,8-9,12,16H,7,10-11H2. The molecule has 0 saturated carbocycles. The highest BCUT2D eigenvalue weighted by Gasteiger charge is 2.47. The van der Waals surface area contributed by atoms with Crippen molar-refractivity contribution in [2.45, 2.75) is 18.4 Å². The summed E-state index contributed by atoms with van der Waals surface area (Å²) in [6, 6.07) is 10.7. The summed E-state index contributed by atoms with van der Waals surface area (Å²) >= 11 is 1.07. The quantitative estimate of drug-likeness (QED) is 0.483. The zero-order valence-corrected chi connectivity index (χ0v) is 16.9. The van der Waals surface area contributed by atoms with Crippen LogP contribution in [0.3, 0.4) is 0 Å². The highest BCUT2D eigenvalue weighted by atomic mass is 32.1. The number of hydrogen-bond donors (Lipinski definition) is 0. The molecule has 4 aromatic rings. The first-order valence-electron chi connectivity index (χ1n) is 9.52. The fourth-order valence-corrected chi connectivity index (χ4v) is 4.08. The van der Waals surface area contributed by atoms with Crippen molar-refractivity contribution in [3.05, 3.63) is 59.9 Å². The van der Waals surface area contributed by atoms with E-state index in [2.05, 4.69) is 19.6 Å². The van der Waals surface area contributed by atoms with Crippen LogP contribution in [-0.4, -0.2) is 60.3 Å². The number of likely N-dealkylation sites (tertiary alicyclic amines) is 1. The van der Waals surface area contributed by atoms with E-state index in [-0.39, 0.29) is 24.7 Å². The van der Waals surface area contributed by atoms with Crippen LogP contribution in [0.5, 0.6) is 5.88 Å². The molecule has 11 heteroatoms. The minimum atomic E-state index is -3.10. The Morgan fingerprint density at radius 1 is 1.16 bits per heavy atom. The van der Waals surface area contributed by atoms with Crippen molar-refractivity contribution in [3.63, 3.8) is 0 Å². The number of carbonyl (C=O) groups is 1. The van der Waals surface area contributed by atoms with Crippen LogP contribution in [0.1, 0.15) is 16.9 Å². The van der Waals surface area contributed by atoms with E-state index in [4.69, 9.17) is 4.74 Å². The topological polar surface area (TPSA) is 86.0 Å². The zero-order chi connectivity index (χ0) is 21.4. The van der Waals surface area contributed by atoms with E-state index in [1.807, 2.05) is 18.2 Å². The van der Waals surface area contributed by atoms with Crippen molar-refractivity contribution >= 4 is 28.3 Å². The van der Waals surface area contributed by atoms with Crippen LogP contribution in [0.4, 0.5) is 8.78 Å². The molecule has 0 radical (unpaired) electrons. The number of rotatable bonds is 4. The normalized spacial score (nSPS) is 18.3. The van der Waals surface area contributed by atoms with E-state index < -0.39 is 24.4 Å². The first-order chi connectivity index (χ1) is 15.0. The number of alkyl halides is 2. The average Bonchev–Trinajstić information content (AvgIpc) is 3.46. The fourth-order valence-electron chi connectivity index (χ4n) is 3.45. The molecule has 4 heterocycles. The maximum absolute atomic E-state index is 14.6. The Balaban J connectivity index is 1.38. The summed E-state index contributed by atoms with van der Waals surface area (Å²) in [7, 11) is 0. The monoisotopic (exact) mass is 442 g/mol. The summed E-state index contributed by atoms with van der Waals surface area (Å²) < 4.78 is 39.0. The van der Waals surface area contributed by atoms with Gasteiger partial charge in [-0.15, -0.1) is 4.80 Å². The van der Waals surface area contributed by atoms with E-state index in [0.717, 1.165) is 16.9 Å². The molecule has 1 unspecified atom stereocenters. The number of ether oxygens (including phenoxy) is 1. The van der Waals surface area contributed by atoms with Crippen molar-refractivity contribution < 1.29 is 18.3 Å². The number of para-hydroxylation sites is 1. The molecule has 8 nitrogen and oxygen atoms in total. The minimum Gasteiger partial charge on any atom is -0.466 e. The number of amides is 1. The third kappa shape index (κ3) is 3.72. The highest BCUT2D eigenvalue weighted by molar-refractivity contribution is 7.04. The van der Waals surface area contributed by atoms with Gasteiger partial charge in [0.15, 0.2) is 11.8 Å². The Hall–Kier alpha value is -3.47. The van der Waals surface area contributed by atoms with Gasteiger partial charge in [0.05, 0.1) is 24.5 Å². The smallest absolute Gasteiger partial charge is 0.287 e. The van der Waals surface area contributed by atoms with Gasteiger partial charge in [0.25, 0.3) is 11.8 Å². The molecule has 1 amide bonds. The second-order valence-electron chi connectivity index (χ2n) is 7.08. The number of piperidine rings is 1. The minimum absolute atomic E-state index is 0.0905. The highest BCUT2D eigenvalue weighted by Crippen LogP contribution is 2.32. The van der Waals surface area contributed by atoms with Crippen LogP contribution in [0.15, 0.2) is 54.2 Å². The molecular formula is C20H16F2N6O2S. The van der Waals surface area contributed by atoms with Crippen LogP contribution in [0.2, 0.25) is 0 Å². The Bertz CT molecular complexity index is 1230. The summed E-state index contributed by atoms with van der Waals surface area (Å²) in [5, 5.41) is 10.5. The van der Waals surface area contributed by atoms with E-state index in [1.54, 1.807) is 23.6 Å². The lowest BCUT2D eigenvalue weighted by Crippen LogP contribution is -2.55. The van der Waals surface area contributed by atoms with Crippen molar-refractivity contribution in [1.29, 1.82) is 0 Å². The number of nitrogens with zero attached hydrogens (tertiary/aromatic N) is 6. The number of benzene rings is 1. The molecule has 0 spiro atoms. The van der Waals surface area contributed by atoms with Gasteiger partial charge in [-0.1, -0.05) is 18.2 Å². The second kappa shape index (κ2) is 7.65. The number of fused-ring (bicyclic) bond motifs is 1. The predicted octanol–water partition coefficient (Wildman–Crippen LogP) is 3.20. The summed E-state index contributed by atoms with van der Waals surface area (Å²) in [5.74, 6) is -3.48. The molecule has 0 N–H and O–H groups in total. The van der Waals surface area contributed by atoms with Gasteiger partial charge in [0.2, 0.25) is 5.88 Å². The molecule has 3 aromatic heterocycles. The molecule has 1 aliphatic rings. The number of carbonyl (C=O) groups excluding carboxylic acids is 1. The number of halogens is 2. The summed E-state index contributed by atoms with van der Waals surface area (Å²) in [5.41, 5.74) is 1.17. The number of pyridine rings is 1. The SMILES string of the molecule is O=C(c1nscc1-n1nccn1)N1CCC(F)(F)C(Oc2ccc3ccccc3n2)C1. The molecule has 1 fully saturated rings. The molecule has 31 heavy (non-hydrogen) atoms. The summed E-state index contributed by atoms with van der Waals surface area (Å²) in [4.78, 5) is 20.0. The van der Waals surface area contributed by atoms with Gasteiger partial charge in [-0.05, 0) is 23.7 Å². The van der Waals surface area contributed by atoms with Crippen molar-refractivity contribution in [2.24, 2.45) is 0 Å². The molecule has 1 saturated heterocycles. The molecule has 1 aromatic carbocycles. The second-order valence-corrected chi connectivity index (χ2v) is 7.71. The zero-order valence-electron chi connectivity index (χ0n) is 16.1. The first kappa shape index (κ1) is 19.5. The van der Waals surface area contributed by atoms with Crippen LogP contribution in [-0.2, 0) is 0 Å². The molecule has 0 aliphatic carbocycles. The van der Waals surface area contributed by atoms with E-state index in [9.17, 15) is 13.6 Å². The van der Waals surface area contributed by atoms with Crippen molar-refractivity contribution in [3.8, 4) is 11.6 Å². The van der Waals surface area contributed by atoms with Crippen LogP contribution >= 0.6 is 11.5 Å². The number of hydrogen-bond acceptors (Lipinski definition) is 7. The molecule has 5 rings (SSSR count). The first-order valence-corrected chi connectivity index (χ1v) is 10.4. The lowest BCUT2D eigenvalue weighted by atomic mass is 10.0. The van der Waals surface area contributed by atoms with E-state index >= 15 is 0 Å². The maximum atomic E-state index is 14.6. The largest absolute Gasteiger partial charge is 0.466 e. The molecule has 1 atom stereocenters. The van der Waals surface area contributed by atoms with Crippen LogP contribution < -0.4 is 4.74 Å². The van der Waals surface area contributed by atoms with Gasteiger partial charge in [-0.3, -0.25) is 4.79 Å². The van der Waals surface area contributed by atoms with Gasteiger partial charge in [-0.2, -0.15) is 14.6 Å². The third-order valence-corrected chi connectivity index (χ3v) is 5.70. The molecular weight excluding hydrogens is 426 g/mol.